The van der Waals surface area contributed by atoms with Crippen LogP contribution in [-0.2, 0) is 22.6 Å². The van der Waals surface area contributed by atoms with Crippen molar-refractivity contribution in [2.24, 2.45) is 0 Å². The number of rotatable bonds is 10. The molecule has 0 aliphatic heterocycles. The first kappa shape index (κ1) is 25.7. The van der Waals surface area contributed by atoms with Crippen molar-refractivity contribution in [2.45, 2.75) is 38.9 Å². The van der Waals surface area contributed by atoms with Gasteiger partial charge in [-0.1, -0.05) is 48.5 Å². The Balaban J connectivity index is 1.91. The second-order valence-corrected chi connectivity index (χ2v) is 9.47. The first-order valence-electron chi connectivity index (χ1n) is 11.1. The normalized spacial score (nSPS) is 11.7. The van der Waals surface area contributed by atoms with Gasteiger partial charge in [0.2, 0.25) is 5.91 Å². The van der Waals surface area contributed by atoms with Crippen LogP contribution < -0.4 is 10.1 Å². The molecule has 0 fully saturated rings. The minimum Gasteiger partial charge on any atom is -0.484 e. The van der Waals surface area contributed by atoms with Crippen LogP contribution in [0.25, 0.3) is 0 Å². The van der Waals surface area contributed by atoms with Crippen LogP contribution in [-0.4, -0.2) is 35.4 Å². The van der Waals surface area contributed by atoms with Gasteiger partial charge in [-0.2, -0.15) is 0 Å². The molecule has 1 N–H and O–H groups in total. The predicted octanol–water partition coefficient (Wildman–Crippen LogP) is 4.97. The molecule has 0 unspecified atom stereocenters. The van der Waals surface area contributed by atoms with Gasteiger partial charge in [0.05, 0.1) is 0 Å². The summed E-state index contributed by atoms with van der Waals surface area (Å²) in [7, 11) is 0. The van der Waals surface area contributed by atoms with Crippen LogP contribution in [0.5, 0.6) is 5.75 Å². The Bertz CT molecular complexity index is 1090. The van der Waals surface area contributed by atoms with Crippen LogP contribution in [0.1, 0.15) is 25.0 Å². The Morgan fingerprint density at radius 1 is 0.971 bits per heavy atom. The predicted molar refractivity (Wildman–Crippen MR) is 139 cm³/mol. The summed E-state index contributed by atoms with van der Waals surface area (Å²) in [4.78, 5) is 28.1. The topological polar surface area (TPSA) is 58.6 Å². The fraction of sp³-hybridized carbons (Fsp3) is 0.259. The minimum absolute atomic E-state index is 0.0510. The maximum absolute atomic E-state index is 14.5. The smallest absolute Gasteiger partial charge is 0.261 e. The molecule has 3 aromatic carbocycles. The monoisotopic (exact) mass is 574 g/mol. The highest BCUT2D eigenvalue weighted by atomic mass is 127. The fourth-order valence-corrected chi connectivity index (χ4v) is 3.86. The maximum atomic E-state index is 14.5. The van der Waals surface area contributed by atoms with Gasteiger partial charge in [0, 0.05) is 28.1 Å². The Labute approximate surface area is 213 Å². The number of nitrogens with zero attached hydrogens (tertiary/aromatic N) is 1. The average molecular weight is 574 g/mol. The summed E-state index contributed by atoms with van der Waals surface area (Å²) in [6, 6.07) is 22.1. The summed E-state index contributed by atoms with van der Waals surface area (Å²) in [5.41, 5.74) is 1.23. The van der Waals surface area contributed by atoms with E-state index in [1.54, 1.807) is 30.3 Å². The van der Waals surface area contributed by atoms with Crippen molar-refractivity contribution >= 4 is 34.4 Å². The molecule has 0 heterocycles. The molecule has 5 nitrogen and oxygen atoms in total. The van der Waals surface area contributed by atoms with E-state index in [-0.39, 0.29) is 25.1 Å². The highest BCUT2D eigenvalue weighted by molar-refractivity contribution is 14.1. The Kier molecular flexibility index (Phi) is 9.44. The Hall–Kier alpha value is -2.94. The van der Waals surface area contributed by atoms with Crippen molar-refractivity contribution in [3.05, 3.63) is 99.4 Å². The van der Waals surface area contributed by atoms with Crippen LogP contribution in [0.15, 0.2) is 78.9 Å². The summed E-state index contributed by atoms with van der Waals surface area (Å²) in [6.45, 7) is 3.40. The summed E-state index contributed by atoms with van der Waals surface area (Å²) in [6.07, 6.45) is 0.295. The molecular weight excluding hydrogens is 546 g/mol. The van der Waals surface area contributed by atoms with Crippen molar-refractivity contribution in [1.82, 2.24) is 10.2 Å². The highest BCUT2D eigenvalue weighted by Gasteiger charge is 2.31. The molecule has 0 bridgehead atoms. The summed E-state index contributed by atoms with van der Waals surface area (Å²) in [5.74, 6) is -0.577. The first-order valence-corrected chi connectivity index (χ1v) is 12.2. The zero-order valence-electron chi connectivity index (χ0n) is 19.2. The van der Waals surface area contributed by atoms with E-state index in [2.05, 4.69) is 27.9 Å². The van der Waals surface area contributed by atoms with E-state index in [4.69, 9.17) is 4.74 Å². The minimum atomic E-state index is -0.836. The Morgan fingerprint density at radius 2 is 1.62 bits per heavy atom. The van der Waals surface area contributed by atoms with Crippen LogP contribution in [0.4, 0.5) is 4.39 Å². The van der Waals surface area contributed by atoms with Crippen LogP contribution in [0.2, 0.25) is 0 Å². The van der Waals surface area contributed by atoms with E-state index in [0.717, 1.165) is 9.13 Å². The van der Waals surface area contributed by atoms with E-state index in [1.165, 1.54) is 11.0 Å². The van der Waals surface area contributed by atoms with Crippen molar-refractivity contribution in [2.75, 3.05) is 6.61 Å². The van der Waals surface area contributed by atoms with Gasteiger partial charge in [-0.15, -0.1) is 0 Å². The number of nitrogens with one attached hydrogen (secondary N) is 1. The van der Waals surface area contributed by atoms with Gasteiger partial charge in [0.15, 0.2) is 6.61 Å². The fourth-order valence-electron chi connectivity index (χ4n) is 3.50. The van der Waals surface area contributed by atoms with Gasteiger partial charge in [-0.3, -0.25) is 9.59 Å². The summed E-state index contributed by atoms with van der Waals surface area (Å²) in [5, 5.41) is 2.91. The third-order valence-electron chi connectivity index (χ3n) is 5.18. The van der Waals surface area contributed by atoms with Gasteiger partial charge in [0.1, 0.15) is 17.6 Å². The van der Waals surface area contributed by atoms with E-state index in [1.807, 2.05) is 56.3 Å². The molecule has 1 atom stereocenters. The molecule has 178 valence electrons. The zero-order chi connectivity index (χ0) is 24.5. The molecule has 7 heteroatoms. The van der Waals surface area contributed by atoms with Crippen LogP contribution in [0, 0.1) is 9.39 Å². The SMILES string of the molecule is CC(C)NC(=O)[C@H](Cc1ccccc1)N(Cc1ccccc1F)C(=O)COc1ccc(I)cc1. The molecule has 0 aliphatic carbocycles. The van der Waals surface area contributed by atoms with Gasteiger partial charge < -0.3 is 15.0 Å². The maximum Gasteiger partial charge on any atom is 0.261 e. The zero-order valence-corrected chi connectivity index (χ0v) is 21.4. The van der Waals surface area contributed by atoms with Gasteiger partial charge >= 0.3 is 0 Å². The number of benzene rings is 3. The third-order valence-corrected chi connectivity index (χ3v) is 5.90. The van der Waals surface area contributed by atoms with Gasteiger partial charge in [-0.25, -0.2) is 4.39 Å². The largest absolute Gasteiger partial charge is 0.484 e. The second kappa shape index (κ2) is 12.5. The molecule has 3 rings (SSSR count). The molecular formula is C27H28FIN2O3. The standard InChI is InChI=1S/C27H28FIN2O3/c1-19(2)30-27(33)25(16-20-8-4-3-5-9-20)31(17-21-10-6-7-11-24(21)28)26(32)18-34-23-14-12-22(29)13-15-23/h3-15,19,25H,16-18H2,1-2H3,(H,30,33)/t25-/m0/s1. The number of carbonyl (C=O) groups is 2. The van der Waals surface area contributed by atoms with Crippen molar-refractivity contribution < 1.29 is 18.7 Å². The number of carbonyl (C=O) groups excluding carboxylic acids is 2. The first-order chi connectivity index (χ1) is 16.3. The lowest BCUT2D eigenvalue weighted by molar-refractivity contribution is -0.143. The molecule has 0 radical (unpaired) electrons. The van der Waals surface area contributed by atoms with E-state index in [0.29, 0.717) is 17.7 Å². The highest BCUT2D eigenvalue weighted by Crippen LogP contribution is 2.18. The van der Waals surface area contributed by atoms with Crippen LogP contribution in [0.3, 0.4) is 0 Å². The molecule has 0 aliphatic rings. The van der Waals surface area contributed by atoms with Crippen molar-refractivity contribution in [3.8, 4) is 5.75 Å². The number of hydrogen-bond acceptors (Lipinski definition) is 3. The molecule has 0 saturated heterocycles. The number of amides is 2. The lowest BCUT2D eigenvalue weighted by Gasteiger charge is -2.32. The molecule has 2 amide bonds. The van der Waals surface area contributed by atoms with E-state index < -0.39 is 17.8 Å². The average Bonchev–Trinajstić information content (AvgIpc) is 2.82. The van der Waals surface area contributed by atoms with E-state index in [9.17, 15) is 14.0 Å². The summed E-state index contributed by atoms with van der Waals surface area (Å²) >= 11 is 2.19. The number of halogens is 2. The third kappa shape index (κ3) is 7.55. The second-order valence-electron chi connectivity index (χ2n) is 8.22. The molecule has 34 heavy (non-hydrogen) atoms. The number of ether oxygens (including phenoxy) is 1. The van der Waals surface area contributed by atoms with Gasteiger partial charge in [-0.05, 0) is 72.3 Å². The van der Waals surface area contributed by atoms with E-state index >= 15 is 0 Å². The molecule has 0 saturated carbocycles. The van der Waals surface area contributed by atoms with Crippen molar-refractivity contribution in [3.63, 3.8) is 0 Å². The number of hydrogen-bond donors (Lipinski definition) is 1. The lowest BCUT2D eigenvalue weighted by Crippen LogP contribution is -2.53. The lowest BCUT2D eigenvalue weighted by atomic mass is 10.0. The summed E-state index contributed by atoms with van der Waals surface area (Å²) < 4.78 is 21.3. The van der Waals surface area contributed by atoms with Gasteiger partial charge in [0.25, 0.3) is 5.91 Å². The molecule has 3 aromatic rings. The Morgan fingerprint density at radius 3 is 2.26 bits per heavy atom. The van der Waals surface area contributed by atoms with Crippen molar-refractivity contribution in [1.29, 1.82) is 0 Å². The molecule has 0 spiro atoms. The van der Waals surface area contributed by atoms with Crippen LogP contribution >= 0.6 is 22.6 Å². The quantitative estimate of drug-likeness (QED) is 0.348. The molecule has 0 aromatic heterocycles.